The third-order valence-electron chi connectivity index (χ3n) is 12.6. The molecule has 9 heteroatoms. The van der Waals surface area contributed by atoms with E-state index in [0.717, 1.165) is 51.4 Å². The Labute approximate surface area is 404 Å². The summed E-state index contributed by atoms with van der Waals surface area (Å²) in [6, 6.07) is -0.840. The molecule has 0 fully saturated rings. The van der Waals surface area contributed by atoms with Crippen LogP contribution in [0.1, 0.15) is 264 Å². The van der Waals surface area contributed by atoms with Gasteiger partial charge in [0.1, 0.15) is 13.2 Å². The summed E-state index contributed by atoms with van der Waals surface area (Å²) in [5.74, 6) is -0.179. The molecule has 3 unspecified atom stereocenters. The van der Waals surface area contributed by atoms with Gasteiger partial charge in [0.2, 0.25) is 5.91 Å². The molecule has 65 heavy (non-hydrogen) atoms. The number of hydrogen-bond acceptors (Lipinski definition) is 5. The Balaban J connectivity index is 3.73. The quantitative estimate of drug-likeness (QED) is 0.0243. The number of amides is 1. The van der Waals surface area contributed by atoms with E-state index in [9.17, 15) is 19.4 Å². The van der Waals surface area contributed by atoms with E-state index >= 15 is 0 Å². The number of likely N-dealkylation sites (N-methyl/N-ethyl adjacent to an activating group) is 1. The van der Waals surface area contributed by atoms with Gasteiger partial charge in [-0.1, -0.05) is 243 Å². The molecule has 0 aromatic rings. The lowest BCUT2D eigenvalue weighted by atomic mass is 10.0. The van der Waals surface area contributed by atoms with Crippen LogP contribution in [0, 0.1) is 0 Å². The van der Waals surface area contributed by atoms with Crippen LogP contribution in [-0.2, 0) is 18.4 Å². The smallest absolute Gasteiger partial charge is 0.387 e. The highest BCUT2D eigenvalue weighted by Gasteiger charge is 2.27. The second kappa shape index (κ2) is 47.8. The summed E-state index contributed by atoms with van der Waals surface area (Å²) in [4.78, 5) is 23.0. The summed E-state index contributed by atoms with van der Waals surface area (Å²) < 4.78 is 23.5. The molecule has 3 N–H and O–H groups in total. The first kappa shape index (κ1) is 63.7. The number of nitrogens with zero attached hydrogens (tertiary/aromatic N) is 1. The maximum atomic E-state index is 12.8. The van der Waals surface area contributed by atoms with Gasteiger partial charge < -0.3 is 19.8 Å². The average molecular weight is 938 g/mol. The lowest BCUT2D eigenvalue weighted by molar-refractivity contribution is -0.870. The topological polar surface area (TPSA) is 105 Å². The lowest BCUT2D eigenvalue weighted by Gasteiger charge is -2.25. The zero-order valence-electron chi connectivity index (χ0n) is 43.7. The second-order valence-electron chi connectivity index (χ2n) is 20.3. The number of quaternary nitrogens is 1. The molecule has 0 aliphatic heterocycles. The summed E-state index contributed by atoms with van der Waals surface area (Å²) in [6.45, 7) is 4.74. The number of nitrogens with one attached hydrogen (secondary N) is 1. The summed E-state index contributed by atoms with van der Waals surface area (Å²) in [6.07, 6.45) is 61.7. The highest BCUT2D eigenvalue weighted by atomic mass is 31.2. The van der Waals surface area contributed by atoms with E-state index < -0.39 is 20.0 Å². The van der Waals surface area contributed by atoms with Crippen LogP contribution in [0.3, 0.4) is 0 Å². The standard InChI is InChI=1S/C56H109N2O6P/c1-6-8-10-12-14-15-16-17-18-19-20-21-22-23-24-25-26-27-28-29-30-31-32-33-34-35-36-37-38-39-40-41-42-43-44-46-48-50-56(60)57-54(55(59)49-47-45-13-11-9-7-2)53-64-65(61,62)63-52-51-58(3,4)5/h16-17,19-20,47,49,54-55,59H,6-15,18,21-46,48,50-53H2,1-5H3,(H-,57,60,61,62)/p+1/b17-16-,20-19-,49-47+. The van der Waals surface area contributed by atoms with Crippen molar-refractivity contribution >= 4 is 13.7 Å². The predicted octanol–water partition coefficient (Wildman–Crippen LogP) is 16.6. The lowest BCUT2D eigenvalue weighted by Crippen LogP contribution is -2.45. The van der Waals surface area contributed by atoms with Gasteiger partial charge in [0.05, 0.1) is 39.9 Å². The van der Waals surface area contributed by atoms with Crippen molar-refractivity contribution in [3.8, 4) is 0 Å². The molecule has 0 saturated heterocycles. The first-order valence-corrected chi connectivity index (χ1v) is 29.4. The number of phosphoric ester groups is 1. The van der Waals surface area contributed by atoms with E-state index in [0.29, 0.717) is 17.4 Å². The molecule has 0 saturated carbocycles. The maximum Gasteiger partial charge on any atom is 0.472 e. The Bertz CT molecular complexity index is 1150. The Hall–Kier alpha value is -1.28. The number of carbonyl (C=O) groups excluding carboxylic acids is 1. The zero-order chi connectivity index (χ0) is 47.8. The summed E-state index contributed by atoms with van der Waals surface area (Å²) in [5.41, 5.74) is 0. The number of allylic oxidation sites excluding steroid dienone is 5. The van der Waals surface area contributed by atoms with Crippen molar-refractivity contribution in [3.63, 3.8) is 0 Å². The minimum Gasteiger partial charge on any atom is -0.387 e. The molecular formula is C56H110N2O6P+. The van der Waals surface area contributed by atoms with E-state index in [2.05, 4.69) is 43.5 Å². The van der Waals surface area contributed by atoms with Gasteiger partial charge in [-0.05, 0) is 51.4 Å². The van der Waals surface area contributed by atoms with Crippen LogP contribution in [-0.4, -0.2) is 73.4 Å². The number of rotatable bonds is 51. The minimum absolute atomic E-state index is 0.0624. The third-order valence-corrected chi connectivity index (χ3v) is 13.6. The van der Waals surface area contributed by atoms with Crippen molar-refractivity contribution in [1.82, 2.24) is 5.32 Å². The van der Waals surface area contributed by atoms with Crippen LogP contribution in [0.5, 0.6) is 0 Å². The minimum atomic E-state index is -4.33. The number of hydrogen-bond donors (Lipinski definition) is 3. The molecule has 0 aromatic carbocycles. The normalized spacial score (nSPS) is 14.3. The Kier molecular flexibility index (Phi) is 46.8. The summed E-state index contributed by atoms with van der Waals surface area (Å²) >= 11 is 0. The van der Waals surface area contributed by atoms with Crippen molar-refractivity contribution in [2.24, 2.45) is 0 Å². The van der Waals surface area contributed by atoms with Crippen LogP contribution in [0.15, 0.2) is 36.5 Å². The molecule has 0 radical (unpaired) electrons. The second-order valence-corrected chi connectivity index (χ2v) is 21.8. The summed E-state index contributed by atoms with van der Waals surface area (Å²) in [7, 11) is 1.58. The molecular weight excluding hydrogens is 828 g/mol. The largest absolute Gasteiger partial charge is 0.472 e. The van der Waals surface area contributed by atoms with Crippen molar-refractivity contribution in [1.29, 1.82) is 0 Å². The maximum absolute atomic E-state index is 12.8. The van der Waals surface area contributed by atoms with Crippen LogP contribution in [0.2, 0.25) is 0 Å². The highest BCUT2D eigenvalue weighted by Crippen LogP contribution is 2.43. The predicted molar refractivity (Wildman–Crippen MR) is 281 cm³/mol. The van der Waals surface area contributed by atoms with Gasteiger partial charge in [0.15, 0.2) is 0 Å². The van der Waals surface area contributed by atoms with E-state index in [4.69, 9.17) is 9.05 Å². The Morgan fingerprint density at radius 2 is 0.877 bits per heavy atom. The first-order valence-electron chi connectivity index (χ1n) is 27.9. The zero-order valence-corrected chi connectivity index (χ0v) is 44.6. The fourth-order valence-electron chi connectivity index (χ4n) is 8.19. The van der Waals surface area contributed by atoms with Gasteiger partial charge in [-0.25, -0.2) is 4.57 Å². The van der Waals surface area contributed by atoms with Crippen LogP contribution < -0.4 is 5.32 Å². The van der Waals surface area contributed by atoms with Crippen LogP contribution in [0.4, 0.5) is 0 Å². The molecule has 8 nitrogen and oxygen atoms in total. The fourth-order valence-corrected chi connectivity index (χ4v) is 8.93. The molecule has 0 aliphatic rings. The van der Waals surface area contributed by atoms with Crippen LogP contribution in [0.25, 0.3) is 0 Å². The number of aliphatic hydroxyl groups is 1. The number of phosphoric acid groups is 1. The first-order chi connectivity index (χ1) is 31.5. The van der Waals surface area contributed by atoms with Gasteiger partial charge in [-0.2, -0.15) is 0 Å². The monoisotopic (exact) mass is 938 g/mol. The van der Waals surface area contributed by atoms with Crippen LogP contribution >= 0.6 is 7.82 Å². The molecule has 0 spiro atoms. The van der Waals surface area contributed by atoms with Gasteiger partial charge >= 0.3 is 7.82 Å². The highest BCUT2D eigenvalue weighted by molar-refractivity contribution is 7.47. The molecule has 0 bridgehead atoms. The van der Waals surface area contributed by atoms with E-state index in [1.165, 1.54) is 193 Å². The molecule has 0 rings (SSSR count). The van der Waals surface area contributed by atoms with E-state index in [1.54, 1.807) is 6.08 Å². The SMILES string of the molecule is CCCCCC/C=C/C(O)C(COP(=O)(O)OCC[N+](C)(C)C)NC(=O)CCCCCCCCCCCCCCCCCCCCCCCCCCC/C=C\C/C=C\CCCCCCC. The molecule has 0 heterocycles. The van der Waals surface area contributed by atoms with Crippen molar-refractivity contribution in [2.75, 3.05) is 40.9 Å². The van der Waals surface area contributed by atoms with E-state index in [-0.39, 0.29) is 19.1 Å². The van der Waals surface area contributed by atoms with Gasteiger partial charge in [0.25, 0.3) is 0 Å². The third kappa shape index (κ3) is 50.4. The molecule has 0 aromatic heterocycles. The average Bonchev–Trinajstić information content (AvgIpc) is 3.26. The van der Waals surface area contributed by atoms with E-state index in [1.807, 2.05) is 27.2 Å². The molecule has 3 atom stereocenters. The van der Waals surface area contributed by atoms with Gasteiger partial charge in [-0.3, -0.25) is 13.8 Å². The number of unbranched alkanes of at least 4 members (excludes halogenated alkanes) is 34. The van der Waals surface area contributed by atoms with Crippen molar-refractivity contribution in [2.45, 2.75) is 276 Å². The van der Waals surface area contributed by atoms with Crippen molar-refractivity contribution < 1.29 is 32.9 Å². The molecule has 384 valence electrons. The fraction of sp³-hybridized carbons (Fsp3) is 0.875. The van der Waals surface area contributed by atoms with Crippen molar-refractivity contribution in [3.05, 3.63) is 36.5 Å². The molecule has 0 aliphatic carbocycles. The Morgan fingerprint density at radius 1 is 0.523 bits per heavy atom. The molecule has 1 amide bonds. The Morgan fingerprint density at radius 3 is 1.28 bits per heavy atom. The summed E-state index contributed by atoms with van der Waals surface area (Å²) in [5, 5.41) is 13.7. The van der Waals surface area contributed by atoms with Gasteiger partial charge in [0, 0.05) is 6.42 Å². The number of carbonyl (C=O) groups is 1. The number of aliphatic hydroxyl groups excluding tert-OH is 1. The van der Waals surface area contributed by atoms with Gasteiger partial charge in [-0.15, -0.1) is 0 Å².